The zero-order valence-corrected chi connectivity index (χ0v) is 14.5. The number of amides is 1. The van der Waals surface area contributed by atoms with Crippen LogP contribution >= 0.6 is 0 Å². The quantitative estimate of drug-likeness (QED) is 0.658. The van der Waals surface area contributed by atoms with Crippen LogP contribution in [-0.4, -0.2) is 16.7 Å². The number of hydrazone groups is 1. The minimum absolute atomic E-state index is 0.141. The maximum absolute atomic E-state index is 12.5. The van der Waals surface area contributed by atoms with Crippen molar-refractivity contribution in [2.45, 2.75) is 46.0 Å². The number of nitrogens with zero attached hydrogens (tertiary/aromatic N) is 2. The van der Waals surface area contributed by atoms with Crippen molar-refractivity contribution in [2.24, 2.45) is 11.0 Å². The molecular weight excluding hydrogens is 298 g/mol. The Morgan fingerprint density at radius 1 is 1.17 bits per heavy atom. The highest BCUT2D eigenvalue weighted by atomic mass is 16.2. The van der Waals surface area contributed by atoms with Gasteiger partial charge >= 0.3 is 0 Å². The highest BCUT2D eigenvalue weighted by Crippen LogP contribution is 2.22. The van der Waals surface area contributed by atoms with Crippen molar-refractivity contribution < 1.29 is 4.79 Å². The van der Waals surface area contributed by atoms with Gasteiger partial charge in [0.25, 0.3) is 5.91 Å². The summed E-state index contributed by atoms with van der Waals surface area (Å²) in [5, 5.41) is 4.19. The first kappa shape index (κ1) is 16.5. The Labute approximate surface area is 143 Å². The van der Waals surface area contributed by atoms with E-state index in [4.69, 9.17) is 0 Å². The summed E-state index contributed by atoms with van der Waals surface area (Å²) in [6.07, 6.45) is 8.13. The van der Waals surface area contributed by atoms with Crippen molar-refractivity contribution in [3.05, 3.63) is 53.3 Å². The van der Waals surface area contributed by atoms with E-state index < -0.39 is 0 Å². The van der Waals surface area contributed by atoms with Gasteiger partial charge in [0.15, 0.2) is 0 Å². The van der Waals surface area contributed by atoms with Crippen LogP contribution in [0.15, 0.2) is 41.5 Å². The summed E-state index contributed by atoms with van der Waals surface area (Å²) in [4.78, 5) is 12.5. The lowest BCUT2D eigenvalue weighted by atomic mass is 9.90. The molecule has 4 heteroatoms. The fourth-order valence-electron chi connectivity index (χ4n) is 3.51. The van der Waals surface area contributed by atoms with Gasteiger partial charge in [0, 0.05) is 23.3 Å². The molecule has 0 bridgehead atoms. The van der Waals surface area contributed by atoms with Crippen molar-refractivity contribution in [3.8, 4) is 5.69 Å². The molecule has 24 heavy (non-hydrogen) atoms. The van der Waals surface area contributed by atoms with Crippen molar-refractivity contribution in [3.63, 3.8) is 0 Å². The lowest BCUT2D eigenvalue weighted by molar-refractivity contribution is 0.0954. The first-order chi connectivity index (χ1) is 11.7. The van der Waals surface area contributed by atoms with Gasteiger partial charge in [0.2, 0.25) is 0 Å². The third kappa shape index (κ3) is 3.58. The topological polar surface area (TPSA) is 46.4 Å². The minimum atomic E-state index is -0.141. The average Bonchev–Trinajstić information content (AvgIpc) is 2.91. The van der Waals surface area contributed by atoms with E-state index in [0.717, 1.165) is 17.1 Å². The van der Waals surface area contributed by atoms with Crippen molar-refractivity contribution in [2.75, 3.05) is 0 Å². The number of rotatable bonds is 4. The Bertz CT molecular complexity index is 725. The second-order valence-electron chi connectivity index (χ2n) is 6.57. The van der Waals surface area contributed by atoms with Crippen LogP contribution in [0, 0.1) is 19.8 Å². The van der Waals surface area contributed by atoms with E-state index in [1.54, 1.807) is 0 Å². The zero-order valence-electron chi connectivity index (χ0n) is 14.5. The van der Waals surface area contributed by atoms with Crippen LogP contribution in [0.2, 0.25) is 0 Å². The van der Waals surface area contributed by atoms with E-state index in [1.807, 2.05) is 56.5 Å². The largest absolute Gasteiger partial charge is 0.318 e. The first-order valence-electron chi connectivity index (χ1n) is 8.74. The van der Waals surface area contributed by atoms with Gasteiger partial charge in [-0.2, -0.15) is 5.10 Å². The minimum Gasteiger partial charge on any atom is -0.318 e. The third-order valence-electron chi connectivity index (χ3n) is 4.79. The van der Waals surface area contributed by atoms with Gasteiger partial charge in [-0.05, 0) is 50.8 Å². The molecule has 4 nitrogen and oxygen atoms in total. The number of benzene rings is 1. The van der Waals surface area contributed by atoms with E-state index in [2.05, 4.69) is 15.1 Å². The molecule has 1 aromatic carbocycles. The molecule has 1 saturated carbocycles. The SMILES string of the molecule is Cc1cc(C(=O)N/N=C\C2CCCCC2)c(C)n1-c1ccccc1. The van der Waals surface area contributed by atoms with Crippen LogP contribution in [0.25, 0.3) is 5.69 Å². The van der Waals surface area contributed by atoms with Crippen LogP contribution in [-0.2, 0) is 0 Å². The first-order valence-corrected chi connectivity index (χ1v) is 8.74. The van der Waals surface area contributed by atoms with Gasteiger partial charge in [0.1, 0.15) is 0 Å². The fraction of sp³-hybridized carbons (Fsp3) is 0.400. The lowest BCUT2D eigenvalue weighted by Crippen LogP contribution is -2.19. The summed E-state index contributed by atoms with van der Waals surface area (Å²) in [7, 11) is 0. The molecule has 1 aromatic heterocycles. The molecule has 2 aromatic rings. The average molecular weight is 323 g/mol. The van der Waals surface area contributed by atoms with Gasteiger partial charge < -0.3 is 4.57 Å². The summed E-state index contributed by atoms with van der Waals surface area (Å²) in [5.74, 6) is 0.369. The highest BCUT2D eigenvalue weighted by molar-refractivity contribution is 5.96. The molecule has 126 valence electrons. The number of carbonyl (C=O) groups is 1. The van der Waals surface area contributed by atoms with Gasteiger partial charge in [-0.15, -0.1) is 0 Å². The molecule has 1 fully saturated rings. The Hall–Kier alpha value is -2.36. The molecule has 0 saturated heterocycles. The number of hydrogen-bond acceptors (Lipinski definition) is 2. The summed E-state index contributed by atoms with van der Waals surface area (Å²) >= 11 is 0. The Morgan fingerprint density at radius 3 is 2.58 bits per heavy atom. The van der Waals surface area contributed by atoms with Gasteiger partial charge in [0.05, 0.1) is 5.56 Å². The zero-order chi connectivity index (χ0) is 16.9. The Kier molecular flexibility index (Phi) is 5.14. The number of aryl methyl sites for hydroxylation is 1. The van der Waals surface area contributed by atoms with Crippen LogP contribution in [0.3, 0.4) is 0 Å². The molecule has 1 heterocycles. The Morgan fingerprint density at radius 2 is 1.88 bits per heavy atom. The molecule has 0 unspecified atom stereocenters. The second kappa shape index (κ2) is 7.47. The van der Waals surface area contributed by atoms with Gasteiger partial charge in [-0.25, -0.2) is 5.43 Å². The molecule has 1 aliphatic carbocycles. The summed E-state index contributed by atoms with van der Waals surface area (Å²) in [6, 6.07) is 12.0. The van der Waals surface area contributed by atoms with Crippen LogP contribution < -0.4 is 5.43 Å². The van der Waals surface area contributed by atoms with Gasteiger partial charge in [-0.3, -0.25) is 4.79 Å². The molecule has 0 aliphatic heterocycles. The fourth-order valence-corrected chi connectivity index (χ4v) is 3.51. The molecule has 0 atom stereocenters. The maximum atomic E-state index is 12.5. The van der Waals surface area contributed by atoms with E-state index in [-0.39, 0.29) is 5.91 Å². The standard InChI is InChI=1S/C20H25N3O/c1-15-13-19(16(2)23(15)18-11-7-4-8-12-18)20(24)22-21-14-17-9-5-3-6-10-17/h4,7-8,11-14,17H,3,5-6,9-10H2,1-2H3,(H,22,24)/b21-14-. The predicted molar refractivity (Wildman–Crippen MR) is 97.8 cm³/mol. The van der Waals surface area contributed by atoms with Crippen LogP contribution in [0.5, 0.6) is 0 Å². The molecule has 0 spiro atoms. The van der Waals surface area contributed by atoms with Crippen LogP contribution in [0.1, 0.15) is 53.8 Å². The van der Waals surface area contributed by atoms with Gasteiger partial charge in [-0.1, -0.05) is 37.5 Å². The number of aromatic nitrogens is 1. The lowest BCUT2D eigenvalue weighted by Gasteiger charge is -2.16. The molecule has 0 radical (unpaired) electrons. The van der Waals surface area contributed by atoms with Crippen molar-refractivity contribution in [1.29, 1.82) is 0 Å². The molecular formula is C20H25N3O. The van der Waals surface area contributed by atoms with E-state index in [0.29, 0.717) is 11.5 Å². The van der Waals surface area contributed by atoms with Crippen LogP contribution in [0.4, 0.5) is 0 Å². The summed E-state index contributed by atoms with van der Waals surface area (Å²) < 4.78 is 2.10. The van der Waals surface area contributed by atoms with Crippen molar-refractivity contribution in [1.82, 2.24) is 9.99 Å². The second-order valence-corrected chi connectivity index (χ2v) is 6.57. The molecule has 1 aliphatic rings. The van der Waals surface area contributed by atoms with E-state index in [1.165, 1.54) is 32.1 Å². The molecule has 1 amide bonds. The predicted octanol–water partition coefficient (Wildman–Crippen LogP) is 4.39. The number of hydrogen-bond donors (Lipinski definition) is 1. The summed E-state index contributed by atoms with van der Waals surface area (Å²) in [5.41, 5.74) is 6.42. The molecule has 1 N–H and O–H groups in total. The number of para-hydroxylation sites is 1. The Balaban J connectivity index is 1.72. The molecule has 3 rings (SSSR count). The number of nitrogens with one attached hydrogen (secondary N) is 1. The smallest absolute Gasteiger partial charge is 0.273 e. The normalized spacial score (nSPS) is 15.8. The van der Waals surface area contributed by atoms with E-state index in [9.17, 15) is 4.79 Å². The highest BCUT2D eigenvalue weighted by Gasteiger charge is 2.16. The van der Waals surface area contributed by atoms with Crippen molar-refractivity contribution >= 4 is 12.1 Å². The monoisotopic (exact) mass is 323 g/mol. The maximum Gasteiger partial charge on any atom is 0.273 e. The third-order valence-corrected chi connectivity index (χ3v) is 4.79. The van der Waals surface area contributed by atoms with E-state index >= 15 is 0 Å². The summed E-state index contributed by atoms with van der Waals surface area (Å²) in [6.45, 7) is 3.99. The number of carbonyl (C=O) groups excluding carboxylic acids is 1.